The summed E-state index contributed by atoms with van der Waals surface area (Å²) in [6, 6.07) is 5.91. The Bertz CT molecular complexity index is 929. The number of ether oxygens (including phenoxy) is 1. The van der Waals surface area contributed by atoms with Crippen molar-refractivity contribution >= 4 is 16.9 Å². The molecule has 0 spiro atoms. The van der Waals surface area contributed by atoms with Gasteiger partial charge in [0.15, 0.2) is 0 Å². The van der Waals surface area contributed by atoms with Crippen molar-refractivity contribution in [3.8, 4) is 6.01 Å². The number of piperidine rings is 1. The van der Waals surface area contributed by atoms with Crippen LogP contribution in [0.5, 0.6) is 6.01 Å². The number of fused-ring (bicyclic) bond motifs is 1. The fourth-order valence-corrected chi connectivity index (χ4v) is 3.12. The molecule has 2 aromatic heterocycles. The lowest BCUT2D eigenvalue weighted by atomic mass is 10.1. The van der Waals surface area contributed by atoms with Crippen LogP contribution >= 0.6 is 0 Å². The molecule has 0 N–H and O–H groups in total. The molecule has 8 heteroatoms. The minimum atomic E-state index is 0.0163. The van der Waals surface area contributed by atoms with E-state index < -0.39 is 0 Å². The monoisotopic (exact) mass is 352 g/mol. The summed E-state index contributed by atoms with van der Waals surface area (Å²) in [6.45, 7) is 3.23. The molecule has 1 aliphatic rings. The number of aryl methyl sites for hydroxylation is 2. The number of carbonyl (C=O) groups excluding carboxylic acids is 1. The van der Waals surface area contributed by atoms with E-state index in [1.54, 1.807) is 23.1 Å². The van der Waals surface area contributed by atoms with Crippen LogP contribution in [0.2, 0.25) is 0 Å². The Kier molecular flexibility index (Phi) is 4.24. The van der Waals surface area contributed by atoms with Crippen molar-refractivity contribution in [3.05, 3.63) is 41.7 Å². The maximum atomic E-state index is 12.8. The van der Waals surface area contributed by atoms with Gasteiger partial charge in [-0.15, -0.1) is 5.10 Å². The predicted octanol–water partition coefficient (Wildman–Crippen LogP) is 1.75. The molecule has 1 aliphatic heterocycles. The summed E-state index contributed by atoms with van der Waals surface area (Å²) in [5, 5.41) is 8.06. The van der Waals surface area contributed by atoms with Crippen LogP contribution in [0.3, 0.4) is 0 Å². The van der Waals surface area contributed by atoms with Gasteiger partial charge in [0, 0.05) is 50.9 Å². The zero-order valence-corrected chi connectivity index (χ0v) is 14.8. The standard InChI is InChI=1S/C18H20N6O2/c1-12-10-19-18(20-11-12)26-14-5-7-24(8-6-14)17(25)13-3-4-16-15(9-13)21-22-23(16)2/h3-4,9-11,14H,5-8H2,1-2H3. The van der Waals surface area contributed by atoms with E-state index in [0.717, 1.165) is 29.4 Å². The van der Waals surface area contributed by atoms with E-state index in [-0.39, 0.29) is 12.0 Å². The highest BCUT2D eigenvalue weighted by atomic mass is 16.5. The summed E-state index contributed by atoms with van der Waals surface area (Å²) in [5.74, 6) is 0.0163. The summed E-state index contributed by atoms with van der Waals surface area (Å²) in [4.78, 5) is 23.0. The maximum Gasteiger partial charge on any atom is 0.316 e. The van der Waals surface area contributed by atoms with Crippen molar-refractivity contribution in [1.29, 1.82) is 0 Å². The first-order chi connectivity index (χ1) is 12.6. The fourth-order valence-electron chi connectivity index (χ4n) is 3.12. The molecule has 1 aromatic carbocycles. The number of hydrogen-bond donors (Lipinski definition) is 0. The van der Waals surface area contributed by atoms with Crippen molar-refractivity contribution in [2.45, 2.75) is 25.9 Å². The van der Waals surface area contributed by atoms with E-state index in [1.807, 2.05) is 31.0 Å². The number of amides is 1. The molecule has 0 aliphatic carbocycles. The highest BCUT2D eigenvalue weighted by Crippen LogP contribution is 2.19. The topological polar surface area (TPSA) is 86.0 Å². The molecule has 0 unspecified atom stereocenters. The van der Waals surface area contributed by atoms with Crippen LogP contribution in [0.25, 0.3) is 11.0 Å². The van der Waals surface area contributed by atoms with E-state index in [4.69, 9.17) is 4.74 Å². The van der Waals surface area contributed by atoms with Gasteiger partial charge in [-0.2, -0.15) is 0 Å². The second-order valence-corrected chi connectivity index (χ2v) is 6.57. The lowest BCUT2D eigenvalue weighted by Gasteiger charge is -2.31. The van der Waals surface area contributed by atoms with E-state index in [9.17, 15) is 4.79 Å². The third kappa shape index (κ3) is 3.22. The fraction of sp³-hybridized carbons (Fsp3) is 0.389. The van der Waals surface area contributed by atoms with E-state index >= 15 is 0 Å². The van der Waals surface area contributed by atoms with Gasteiger partial charge in [-0.25, -0.2) is 14.6 Å². The Labute approximate surface area is 150 Å². The first kappa shape index (κ1) is 16.4. The van der Waals surface area contributed by atoms with Gasteiger partial charge in [0.2, 0.25) is 0 Å². The van der Waals surface area contributed by atoms with Gasteiger partial charge in [0.05, 0.1) is 5.52 Å². The number of likely N-dealkylation sites (tertiary alicyclic amines) is 1. The third-order valence-electron chi connectivity index (χ3n) is 4.62. The molecule has 26 heavy (non-hydrogen) atoms. The molecule has 4 rings (SSSR count). The lowest BCUT2D eigenvalue weighted by Crippen LogP contribution is -2.41. The second kappa shape index (κ2) is 6.70. The van der Waals surface area contributed by atoms with Gasteiger partial charge >= 0.3 is 6.01 Å². The van der Waals surface area contributed by atoms with E-state index in [1.165, 1.54) is 0 Å². The first-order valence-electron chi connectivity index (χ1n) is 8.64. The summed E-state index contributed by atoms with van der Waals surface area (Å²) in [6.07, 6.45) is 5.03. The van der Waals surface area contributed by atoms with E-state index in [2.05, 4.69) is 20.3 Å². The Hall–Kier alpha value is -3.03. The summed E-state index contributed by atoms with van der Waals surface area (Å²) in [7, 11) is 1.83. The summed E-state index contributed by atoms with van der Waals surface area (Å²) in [5.41, 5.74) is 3.27. The van der Waals surface area contributed by atoms with Crippen molar-refractivity contribution in [2.75, 3.05) is 13.1 Å². The minimum absolute atomic E-state index is 0.0163. The van der Waals surface area contributed by atoms with Crippen molar-refractivity contribution in [3.63, 3.8) is 0 Å². The minimum Gasteiger partial charge on any atom is -0.460 e. The molecule has 1 fully saturated rings. The van der Waals surface area contributed by atoms with Crippen LogP contribution in [0.4, 0.5) is 0 Å². The van der Waals surface area contributed by atoms with Crippen LogP contribution in [0.15, 0.2) is 30.6 Å². The van der Waals surface area contributed by atoms with Gasteiger partial charge < -0.3 is 9.64 Å². The highest BCUT2D eigenvalue weighted by Gasteiger charge is 2.25. The normalized spacial score (nSPS) is 15.4. The number of aromatic nitrogens is 5. The van der Waals surface area contributed by atoms with Gasteiger partial charge in [0.1, 0.15) is 11.6 Å². The lowest BCUT2D eigenvalue weighted by molar-refractivity contribution is 0.0578. The molecule has 3 aromatic rings. The van der Waals surface area contributed by atoms with Crippen LogP contribution in [-0.4, -0.2) is 55.0 Å². The molecule has 1 saturated heterocycles. The van der Waals surface area contributed by atoms with Gasteiger partial charge in [-0.1, -0.05) is 5.21 Å². The first-order valence-corrected chi connectivity index (χ1v) is 8.64. The zero-order valence-electron chi connectivity index (χ0n) is 14.8. The second-order valence-electron chi connectivity index (χ2n) is 6.57. The number of carbonyl (C=O) groups is 1. The average molecular weight is 352 g/mol. The molecule has 0 radical (unpaired) electrons. The number of nitrogens with zero attached hydrogens (tertiary/aromatic N) is 6. The van der Waals surface area contributed by atoms with Crippen LogP contribution in [-0.2, 0) is 7.05 Å². The van der Waals surface area contributed by atoms with Crippen LogP contribution in [0.1, 0.15) is 28.8 Å². The predicted molar refractivity (Wildman–Crippen MR) is 94.8 cm³/mol. The number of hydrogen-bond acceptors (Lipinski definition) is 6. The van der Waals surface area contributed by atoms with Gasteiger partial charge in [0.25, 0.3) is 5.91 Å². The number of rotatable bonds is 3. The molecular formula is C18H20N6O2. The number of benzene rings is 1. The van der Waals surface area contributed by atoms with Crippen molar-refractivity contribution < 1.29 is 9.53 Å². The largest absolute Gasteiger partial charge is 0.460 e. The quantitative estimate of drug-likeness (QED) is 0.714. The molecule has 0 atom stereocenters. The summed E-state index contributed by atoms with van der Waals surface area (Å²) < 4.78 is 7.52. The Morgan fingerprint density at radius 3 is 2.65 bits per heavy atom. The molecule has 0 bridgehead atoms. The molecule has 8 nitrogen and oxygen atoms in total. The molecule has 0 saturated carbocycles. The molecule has 134 valence electrons. The van der Waals surface area contributed by atoms with Crippen LogP contribution < -0.4 is 4.74 Å². The third-order valence-corrected chi connectivity index (χ3v) is 4.62. The Morgan fingerprint density at radius 1 is 1.19 bits per heavy atom. The van der Waals surface area contributed by atoms with Gasteiger partial charge in [-0.3, -0.25) is 4.79 Å². The highest BCUT2D eigenvalue weighted by molar-refractivity contribution is 5.97. The Balaban J connectivity index is 1.38. The molecule has 1 amide bonds. The average Bonchev–Trinajstić information content (AvgIpc) is 3.04. The maximum absolute atomic E-state index is 12.8. The van der Waals surface area contributed by atoms with Crippen molar-refractivity contribution in [1.82, 2.24) is 29.9 Å². The Morgan fingerprint density at radius 2 is 1.92 bits per heavy atom. The SMILES string of the molecule is Cc1cnc(OC2CCN(C(=O)c3ccc4c(c3)nnn4C)CC2)nc1. The zero-order chi connectivity index (χ0) is 18.1. The van der Waals surface area contributed by atoms with E-state index in [0.29, 0.717) is 24.7 Å². The molecule has 3 heterocycles. The smallest absolute Gasteiger partial charge is 0.316 e. The van der Waals surface area contributed by atoms with Gasteiger partial charge in [-0.05, 0) is 30.7 Å². The van der Waals surface area contributed by atoms with Crippen LogP contribution in [0, 0.1) is 6.92 Å². The van der Waals surface area contributed by atoms with Crippen molar-refractivity contribution in [2.24, 2.45) is 7.05 Å². The summed E-state index contributed by atoms with van der Waals surface area (Å²) >= 11 is 0. The molecular weight excluding hydrogens is 332 g/mol.